The van der Waals surface area contributed by atoms with Crippen LogP contribution in [0.2, 0.25) is 0 Å². The van der Waals surface area contributed by atoms with E-state index >= 15 is 0 Å². The Hall–Kier alpha value is -2.60. The lowest BCUT2D eigenvalue weighted by atomic mass is 9.95. The fraction of sp³-hybridized carbons (Fsp3) is 0.440. The van der Waals surface area contributed by atoms with Gasteiger partial charge in [-0.25, -0.2) is 8.70 Å². The lowest BCUT2D eigenvalue weighted by molar-refractivity contribution is -0.126. The highest BCUT2D eigenvalue weighted by atomic mass is 32.2. The minimum atomic E-state index is -0.435. The number of rotatable bonds is 10. The molecule has 1 aliphatic heterocycles. The van der Waals surface area contributed by atoms with Crippen molar-refractivity contribution in [1.82, 2.24) is 19.8 Å². The van der Waals surface area contributed by atoms with Gasteiger partial charge in [-0.05, 0) is 35.4 Å². The van der Waals surface area contributed by atoms with Crippen LogP contribution in [-0.4, -0.2) is 72.7 Å². The van der Waals surface area contributed by atoms with E-state index in [4.69, 9.17) is 6.42 Å². The minimum absolute atomic E-state index is 0.0929. The van der Waals surface area contributed by atoms with Gasteiger partial charge in [-0.15, -0.1) is 6.42 Å². The smallest absolute Gasteiger partial charge is 0.240 e. The van der Waals surface area contributed by atoms with Crippen LogP contribution in [0.4, 0.5) is 4.39 Å². The van der Waals surface area contributed by atoms with Gasteiger partial charge in [0.05, 0.1) is 25.7 Å². The SMILES string of the molecule is C#CCNC(=O)CNC(=O)CN(SC)C1CCN(C(CF)c2cccc3ccccc23)CC1. The molecule has 176 valence electrons. The molecule has 1 fully saturated rings. The summed E-state index contributed by atoms with van der Waals surface area (Å²) in [4.78, 5) is 26.1. The number of carbonyl (C=O) groups excluding carboxylic acids is 2. The normalized spacial score (nSPS) is 15.8. The Balaban J connectivity index is 1.55. The van der Waals surface area contributed by atoms with Crippen molar-refractivity contribution < 1.29 is 14.0 Å². The van der Waals surface area contributed by atoms with Crippen LogP contribution >= 0.6 is 11.9 Å². The molecule has 6 nitrogen and oxygen atoms in total. The highest BCUT2D eigenvalue weighted by Crippen LogP contribution is 2.32. The van der Waals surface area contributed by atoms with Crippen LogP contribution in [0.15, 0.2) is 42.5 Å². The van der Waals surface area contributed by atoms with Gasteiger partial charge in [-0.3, -0.25) is 14.5 Å². The van der Waals surface area contributed by atoms with E-state index in [0.717, 1.165) is 42.3 Å². The molecule has 0 aromatic heterocycles. The van der Waals surface area contributed by atoms with Crippen LogP contribution in [0.3, 0.4) is 0 Å². The average molecular weight is 471 g/mol. The molecule has 0 radical (unpaired) electrons. The first-order valence-electron chi connectivity index (χ1n) is 11.1. The van der Waals surface area contributed by atoms with Crippen LogP contribution in [0, 0.1) is 12.3 Å². The number of fused-ring (bicyclic) bond motifs is 1. The Kier molecular flexibility index (Phi) is 9.55. The summed E-state index contributed by atoms with van der Waals surface area (Å²) in [5.41, 5.74) is 1.03. The van der Waals surface area contributed by atoms with E-state index in [1.54, 1.807) is 0 Å². The second kappa shape index (κ2) is 12.6. The number of alkyl halides is 1. The van der Waals surface area contributed by atoms with Gasteiger partial charge in [-0.2, -0.15) is 0 Å². The zero-order chi connectivity index (χ0) is 23.6. The molecule has 2 aromatic carbocycles. The number of nitrogens with one attached hydrogen (secondary N) is 2. The van der Waals surface area contributed by atoms with Gasteiger partial charge < -0.3 is 10.6 Å². The Bertz CT molecular complexity index is 983. The monoisotopic (exact) mass is 470 g/mol. The van der Waals surface area contributed by atoms with Crippen molar-refractivity contribution in [2.45, 2.75) is 24.9 Å². The van der Waals surface area contributed by atoms with E-state index < -0.39 is 6.67 Å². The number of terminal acetylenes is 1. The largest absolute Gasteiger partial charge is 0.346 e. The summed E-state index contributed by atoms with van der Waals surface area (Å²) < 4.78 is 16.3. The Labute approximate surface area is 199 Å². The summed E-state index contributed by atoms with van der Waals surface area (Å²) in [6, 6.07) is 14.1. The second-order valence-electron chi connectivity index (χ2n) is 8.02. The van der Waals surface area contributed by atoms with Crippen molar-refractivity contribution in [3.05, 3.63) is 48.0 Å². The fourth-order valence-corrected chi connectivity index (χ4v) is 5.09. The molecule has 2 amide bonds. The van der Waals surface area contributed by atoms with E-state index in [0.29, 0.717) is 0 Å². The highest BCUT2D eigenvalue weighted by Gasteiger charge is 2.30. The van der Waals surface area contributed by atoms with Gasteiger partial charge in [0, 0.05) is 19.1 Å². The Morgan fingerprint density at radius 1 is 1.18 bits per heavy atom. The topological polar surface area (TPSA) is 64.7 Å². The average Bonchev–Trinajstić information content (AvgIpc) is 2.86. The number of halogens is 1. The van der Waals surface area contributed by atoms with Crippen molar-refractivity contribution in [2.75, 3.05) is 45.7 Å². The van der Waals surface area contributed by atoms with E-state index in [1.165, 1.54) is 11.9 Å². The number of amides is 2. The number of hydrogen-bond donors (Lipinski definition) is 2. The maximum Gasteiger partial charge on any atom is 0.240 e. The van der Waals surface area contributed by atoms with Gasteiger partial charge in [-0.1, -0.05) is 60.3 Å². The molecule has 3 rings (SSSR count). The molecule has 2 N–H and O–H groups in total. The van der Waals surface area contributed by atoms with Gasteiger partial charge in [0.15, 0.2) is 0 Å². The standard InChI is InChI=1S/C25H31FN4O2S/c1-3-13-27-24(31)17-28-25(32)18-30(33-2)20-11-14-29(15-12-20)23(16-26)22-10-6-8-19-7-4-5-9-21(19)22/h1,4-10,20,23H,11-18H2,2H3,(H,27,31)(H,28,32). The third-order valence-corrected chi connectivity index (χ3v) is 6.94. The predicted octanol–water partition coefficient (Wildman–Crippen LogP) is 2.76. The molecule has 8 heteroatoms. The number of hydrogen-bond acceptors (Lipinski definition) is 5. The second-order valence-corrected chi connectivity index (χ2v) is 8.86. The van der Waals surface area contributed by atoms with E-state index in [1.807, 2.05) is 34.8 Å². The van der Waals surface area contributed by atoms with Crippen molar-refractivity contribution >= 4 is 34.5 Å². The third kappa shape index (κ3) is 6.70. The molecule has 1 heterocycles. The van der Waals surface area contributed by atoms with Crippen LogP contribution in [0.25, 0.3) is 10.8 Å². The number of likely N-dealkylation sites (tertiary alicyclic amines) is 1. The third-order valence-electron chi connectivity index (χ3n) is 6.04. The Morgan fingerprint density at radius 2 is 1.91 bits per heavy atom. The first-order valence-corrected chi connectivity index (χ1v) is 12.3. The van der Waals surface area contributed by atoms with Gasteiger partial charge in [0.2, 0.25) is 11.8 Å². The zero-order valence-corrected chi connectivity index (χ0v) is 19.7. The van der Waals surface area contributed by atoms with Gasteiger partial charge >= 0.3 is 0 Å². The summed E-state index contributed by atoms with van der Waals surface area (Å²) in [5, 5.41) is 7.37. The van der Waals surface area contributed by atoms with Gasteiger partial charge in [0.25, 0.3) is 0 Å². The van der Waals surface area contributed by atoms with Crippen molar-refractivity contribution in [3.8, 4) is 12.3 Å². The van der Waals surface area contributed by atoms with Gasteiger partial charge in [0.1, 0.15) is 6.67 Å². The molecule has 1 atom stereocenters. The lowest BCUT2D eigenvalue weighted by Crippen LogP contribution is -2.47. The summed E-state index contributed by atoms with van der Waals surface area (Å²) >= 11 is 1.52. The molecule has 0 saturated carbocycles. The molecule has 33 heavy (non-hydrogen) atoms. The summed E-state index contributed by atoms with van der Waals surface area (Å²) in [6.07, 6.45) is 8.74. The number of benzene rings is 2. The zero-order valence-electron chi connectivity index (χ0n) is 18.9. The predicted molar refractivity (Wildman–Crippen MR) is 132 cm³/mol. The molecule has 1 saturated heterocycles. The molecule has 1 unspecified atom stereocenters. The number of nitrogens with zero attached hydrogens (tertiary/aromatic N) is 2. The molecule has 1 aliphatic rings. The van der Waals surface area contributed by atoms with Crippen LogP contribution in [0.1, 0.15) is 24.4 Å². The quantitative estimate of drug-likeness (QED) is 0.413. The first-order chi connectivity index (χ1) is 16.1. The summed E-state index contributed by atoms with van der Waals surface area (Å²) in [7, 11) is 0. The molecule has 0 spiro atoms. The van der Waals surface area contributed by atoms with Crippen molar-refractivity contribution in [2.24, 2.45) is 0 Å². The molecular formula is C25H31FN4O2S. The van der Waals surface area contributed by atoms with Crippen LogP contribution in [0.5, 0.6) is 0 Å². The fourth-order valence-electron chi connectivity index (χ4n) is 4.34. The number of piperidine rings is 1. The molecule has 2 aromatic rings. The molecule has 0 aliphatic carbocycles. The van der Waals surface area contributed by atoms with E-state index in [-0.39, 0.29) is 43.5 Å². The first kappa shape index (κ1) is 25.0. The van der Waals surface area contributed by atoms with Crippen LogP contribution in [-0.2, 0) is 9.59 Å². The maximum atomic E-state index is 14.2. The molecule has 0 bridgehead atoms. The maximum absolute atomic E-state index is 14.2. The van der Waals surface area contributed by atoms with E-state index in [2.05, 4.69) is 39.7 Å². The van der Waals surface area contributed by atoms with Crippen molar-refractivity contribution in [1.29, 1.82) is 0 Å². The van der Waals surface area contributed by atoms with Crippen LogP contribution < -0.4 is 10.6 Å². The highest BCUT2D eigenvalue weighted by molar-refractivity contribution is 7.96. The Morgan fingerprint density at radius 3 is 2.61 bits per heavy atom. The van der Waals surface area contributed by atoms with E-state index in [9.17, 15) is 14.0 Å². The summed E-state index contributed by atoms with van der Waals surface area (Å²) in [6.45, 7) is 1.33. The molecular weight excluding hydrogens is 439 g/mol. The summed E-state index contributed by atoms with van der Waals surface area (Å²) in [5.74, 6) is 1.80. The lowest BCUT2D eigenvalue weighted by Gasteiger charge is -2.40. The minimum Gasteiger partial charge on any atom is -0.346 e. The number of carbonyl (C=O) groups is 2. The van der Waals surface area contributed by atoms with Crippen molar-refractivity contribution in [3.63, 3.8) is 0 Å².